The van der Waals surface area contributed by atoms with E-state index in [4.69, 9.17) is 4.98 Å². The van der Waals surface area contributed by atoms with Crippen molar-refractivity contribution in [2.75, 3.05) is 5.32 Å². The number of fused-ring (bicyclic) bond motifs is 2. The van der Waals surface area contributed by atoms with E-state index in [1.165, 1.54) is 17.7 Å². The van der Waals surface area contributed by atoms with Gasteiger partial charge in [-0.2, -0.15) is 0 Å². The molecular weight excluding hydrogens is 310 g/mol. The van der Waals surface area contributed by atoms with Gasteiger partial charge in [-0.15, -0.1) is 0 Å². The van der Waals surface area contributed by atoms with Gasteiger partial charge in [0, 0.05) is 23.4 Å². The maximum atomic E-state index is 10.7. The van der Waals surface area contributed by atoms with Gasteiger partial charge in [-0.3, -0.25) is 10.1 Å². The average Bonchev–Trinajstić information content (AvgIpc) is 2.89. The van der Waals surface area contributed by atoms with Crippen LogP contribution in [0.15, 0.2) is 48.5 Å². The van der Waals surface area contributed by atoms with E-state index in [0.29, 0.717) is 0 Å². The van der Waals surface area contributed by atoms with E-state index in [2.05, 4.69) is 23.5 Å². The van der Waals surface area contributed by atoms with Gasteiger partial charge in [-0.25, -0.2) is 4.98 Å². The maximum absolute atomic E-state index is 10.7. The molecule has 3 aromatic rings. The zero-order valence-electron chi connectivity index (χ0n) is 12.2. The highest BCUT2D eigenvalue weighted by Crippen LogP contribution is 2.38. The largest absolute Gasteiger partial charge is 0.345 e. The Morgan fingerprint density at radius 2 is 1.87 bits per heavy atom. The van der Waals surface area contributed by atoms with Gasteiger partial charge in [0.1, 0.15) is 10.0 Å². The van der Waals surface area contributed by atoms with Crippen molar-refractivity contribution in [2.45, 2.75) is 12.8 Å². The number of nitrogens with zero attached hydrogens (tertiary/aromatic N) is 2. The van der Waals surface area contributed by atoms with Crippen molar-refractivity contribution in [3.05, 3.63) is 69.9 Å². The standard InChI is InChI=1S/C17H13N3O2S/c21-20(22)13-8-5-12(6-9-13)16-19-15-10-7-11-3-1-2-4-14(11)18-17(15)23-16/h1-6,8-9,18H,7,10H2. The molecule has 23 heavy (non-hydrogen) atoms. The molecule has 0 aliphatic carbocycles. The van der Waals surface area contributed by atoms with Crippen LogP contribution >= 0.6 is 11.3 Å². The van der Waals surface area contributed by atoms with Crippen LogP contribution in [0.1, 0.15) is 11.3 Å². The summed E-state index contributed by atoms with van der Waals surface area (Å²) in [5.74, 6) is 0. The first-order valence-corrected chi connectivity index (χ1v) is 8.12. The molecule has 6 heteroatoms. The zero-order valence-corrected chi connectivity index (χ0v) is 13.0. The van der Waals surface area contributed by atoms with Crippen LogP contribution in [0.3, 0.4) is 0 Å². The Kier molecular flexibility index (Phi) is 3.31. The Morgan fingerprint density at radius 3 is 2.65 bits per heavy atom. The summed E-state index contributed by atoms with van der Waals surface area (Å²) in [6.45, 7) is 0. The Labute approximate surface area is 136 Å². The molecule has 1 aliphatic rings. The molecule has 0 amide bonds. The molecule has 0 atom stereocenters. The van der Waals surface area contributed by atoms with Crippen molar-refractivity contribution >= 4 is 27.7 Å². The number of benzene rings is 2. The molecule has 0 radical (unpaired) electrons. The molecule has 1 N–H and O–H groups in total. The molecule has 0 saturated carbocycles. The van der Waals surface area contributed by atoms with Crippen molar-refractivity contribution < 1.29 is 4.92 Å². The molecule has 2 aromatic carbocycles. The van der Waals surface area contributed by atoms with Gasteiger partial charge in [-0.05, 0) is 36.6 Å². The minimum absolute atomic E-state index is 0.0962. The van der Waals surface area contributed by atoms with E-state index in [-0.39, 0.29) is 10.6 Å². The number of aromatic nitrogens is 1. The van der Waals surface area contributed by atoms with Crippen LogP contribution in [0.2, 0.25) is 0 Å². The minimum Gasteiger partial charge on any atom is -0.345 e. The SMILES string of the molecule is O=[N+]([O-])c1ccc(-c2nc3c(s2)Nc2ccccc2CC3)cc1. The van der Waals surface area contributed by atoms with Gasteiger partial charge in [0.05, 0.1) is 10.6 Å². The summed E-state index contributed by atoms with van der Waals surface area (Å²) in [7, 11) is 0. The van der Waals surface area contributed by atoms with Gasteiger partial charge < -0.3 is 5.32 Å². The lowest BCUT2D eigenvalue weighted by Gasteiger charge is -2.05. The fraction of sp³-hybridized carbons (Fsp3) is 0.118. The van der Waals surface area contributed by atoms with Gasteiger partial charge in [0.15, 0.2) is 0 Å². The first-order chi connectivity index (χ1) is 11.2. The summed E-state index contributed by atoms with van der Waals surface area (Å²) in [6.07, 6.45) is 1.85. The summed E-state index contributed by atoms with van der Waals surface area (Å²) in [6, 6.07) is 14.8. The van der Waals surface area contributed by atoms with E-state index >= 15 is 0 Å². The molecule has 0 spiro atoms. The molecule has 1 aromatic heterocycles. The topological polar surface area (TPSA) is 68.1 Å². The van der Waals surface area contributed by atoms with Gasteiger partial charge in [0.25, 0.3) is 5.69 Å². The molecule has 4 rings (SSSR count). The third kappa shape index (κ3) is 2.57. The van der Waals surface area contributed by atoms with E-state index in [9.17, 15) is 10.1 Å². The molecule has 114 valence electrons. The summed E-state index contributed by atoms with van der Waals surface area (Å²) in [4.78, 5) is 15.1. The van der Waals surface area contributed by atoms with Crippen LogP contribution in [0.25, 0.3) is 10.6 Å². The summed E-state index contributed by atoms with van der Waals surface area (Å²) < 4.78 is 0. The van der Waals surface area contributed by atoms with Gasteiger partial charge in [0.2, 0.25) is 0 Å². The van der Waals surface area contributed by atoms with E-state index in [1.807, 2.05) is 6.07 Å². The lowest BCUT2D eigenvalue weighted by Crippen LogP contribution is -1.91. The number of anilines is 2. The van der Waals surface area contributed by atoms with Crippen LogP contribution in [-0.2, 0) is 12.8 Å². The molecule has 0 bridgehead atoms. The molecular formula is C17H13N3O2S. The number of rotatable bonds is 2. The second kappa shape index (κ2) is 5.48. The summed E-state index contributed by atoms with van der Waals surface area (Å²) in [5.41, 5.74) is 4.49. The van der Waals surface area contributed by atoms with Crippen molar-refractivity contribution in [1.82, 2.24) is 4.98 Å². The van der Waals surface area contributed by atoms with E-state index in [0.717, 1.165) is 39.8 Å². The number of non-ortho nitro benzene ring substituents is 1. The second-order valence-electron chi connectivity index (χ2n) is 5.38. The highest BCUT2D eigenvalue weighted by molar-refractivity contribution is 7.19. The Morgan fingerprint density at radius 1 is 1.09 bits per heavy atom. The Balaban J connectivity index is 1.68. The number of aryl methyl sites for hydroxylation is 2. The second-order valence-corrected chi connectivity index (χ2v) is 6.38. The van der Waals surface area contributed by atoms with Gasteiger partial charge in [-0.1, -0.05) is 29.5 Å². The minimum atomic E-state index is -0.390. The molecule has 2 heterocycles. The van der Waals surface area contributed by atoms with Crippen molar-refractivity contribution in [3.63, 3.8) is 0 Å². The maximum Gasteiger partial charge on any atom is 0.269 e. The fourth-order valence-electron chi connectivity index (χ4n) is 2.70. The third-order valence-corrected chi connectivity index (χ3v) is 4.98. The molecule has 0 saturated heterocycles. The van der Waals surface area contributed by atoms with Crippen LogP contribution in [0, 0.1) is 10.1 Å². The Bertz CT molecular complexity index is 887. The molecule has 5 nitrogen and oxygen atoms in total. The summed E-state index contributed by atoms with van der Waals surface area (Å²) in [5, 5.41) is 16.2. The van der Waals surface area contributed by atoms with Crippen LogP contribution in [0.4, 0.5) is 16.4 Å². The first kappa shape index (κ1) is 13.9. The summed E-state index contributed by atoms with van der Waals surface area (Å²) >= 11 is 1.59. The lowest BCUT2D eigenvalue weighted by molar-refractivity contribution is -0.384. The van der Waals surface area contributed by atoms with Crippen molar-refractivity contribution in [1.29, 1.82) is 0 Å². The average molecular weight is 323 g/mol. The number of nitro groups is 1. The number of nitrogens with one attached hydrogen (secondary N) is 1. The third-order valence-electron chi connectivity index (χ3n) is 3.92. The highest BCUT2D eigenvalue weighted by Gasteiger charge is 2.18. The van der Waals surface area contributed by atoms with Crippen LogP contribution in [0.5, 0.6) is 0 Å². The van der Waals surface area contributed by atoms with Gasteiger partial charge >= 0.3 is 0 Å². The predicted octanol–water partition coefficient (Wildman–Crippen LogP) is 4.56. The van der Waals surface area contributed by atoms with E-state index in [1.54, 1.807) is 23.5 Å². The Hall–Kier alpha value is -2.73. The van der Waals surface area contributed by atoms with E-state index < -0.39 is 0 Å². The lowest BCUT2D eigenvalue weighted by atomic mass is 10.1. The van der Waals surface area contributed by atoms with Crippen molar-refractivity contribution in [2.24, 2.45) is 0 Å². The highest BCUT2D eigenvalue weighted by atomic mass is 32.1. The number of para-hydroxylation sites is 1. The first-order valence-electron chi connectivity index (χ1n) is 7.30. The number of nitro benzene ring substituents is 1. The number of thiazole rings is 1. The normalized spacial score (nSPS) is 12.7. The smallest absolute Gasteiger partial charge is 0.269 e. The monoisotopic (exact) mass is 323 g/mol. The molecule has 0 fully saturated rings. The quantitative estimate of drug-likeness (QED) is 0.554. The van der Waals surface area contributed by atoms with Crippen LogP contribution < -0.4 is 5.32 Å². The molecule has 1 aliphatic heterocycles. The van der Waals surface area contributed by atoms with Crippen molar-refractivity contribution in [3.8, 4) is 10.6 Å². The molecule has 0 unspecified atom stereocenters. The van der Waals surface area contributed by atoms with Crippen LogP contribution in [-0.4, -0.2) is 9.91 Å². The number of hydrogen-bond donors (Lipinski definition) is 1. The zero-order chi connectivity index (χ0) is 15.8. The predicted molar refractivity (Wildman–Crippen MR) is 91.3 cm³/mol. The fourth-order valence-corrected chi connectivity index (χ4v) is 3.73. The number of hydrogen-bond acceptors (Lipinski definition) is 5.